The molecule has 2 nitrogen and oxygen atoms in total. The highest BCUT2D eigenvalue weighted by atomic mass is 35.5. The highest BCUT2D eigenvalue weighted by Crippen LogP contribution is 2.33. The first-order chi connectivity index (χ1) is 7.04. The van der Waals surface area contributed by atoms with Gasteiger partial charge in [0.05, 0.1) is 27.1 Å². The zero-order chi connectivity index (χ0) is 11.4. The van der Waals surface area contributed by atoms with E-state index in [1.807, 2.05) is 0 Å². The van der Waals surface area contributed by atoms with Gasteiger partial charge in [-0.3, -0.25) is 0 Å². The third kappa shape index (κ3) is 3.46. The van der Waals surface area contributed by atoms with Gasteiger partial charge in [-0.15, -0.1) is 0 Å². The minimum Gasteiger partial charge on any atom is -0.491 e. The van der Waals surface area contributed by atoms with E-state index in [-0.39, 0.29) is 12.5 Å². The van der Waals surface area contributed by atoms with Crippen molar-refractivity contribution in [2.45, 2.75) is 6.92 Å². The maximum absolute atomic E-state index is 8.57. The predicted octanol–water partition coefficient (Wildman–Crippen LogP) is 4.19. The second kappa shape index (κ2) is 5.46. The van der Waals surface area contributed by atoms with Crippen LogP contribution in [0.1, 0.15) is 6.92 Å². The summed E-state index contributed by atoms with van der Waals surface area (Å²) in [6, 6.07) is 5.10. The van der Waals surface area contributed by atoms with Crippen LogP contribution in [0.15, 0.2) is 12.1 Å². The Bertz CT molecular complexity index is 400. The molecule has 0 amide bonds. The molecule has 15 heavy (non-hydrogen) atoms. The number of hydrogen-bond donors (Lipinski definition) is 0. The minimum atomic E-state index is -0.199. The maximum Gasteiger partial charge on any atom is 0.139 e. The first-order valence-electron chi connectivity index (χ1n) is 4.21. The van der Waals surface area contributed by atoms with Crippen LogP contribution in [0.4, 0.5) is 0 Å². The Hall–Kier alpha value is -0.620. The van der Waals surface area contributed by atoms with Crippen molar-refractivity contribution in [2.75, 3.05) is 6.61 Å². The number of ether oxygens (including phenoxy) is 1. The SMILES string of the molecule is CC(C#N)COc1cc(Cl)c(Cl)cc1Cl. The fourth-order valence-corrected chi connectivity index (χ4v) is 1.46. The lowest BCUT2D eigenvalue weighted by Crippen LogP contribution is -2.06. The smallest absolute Gasteiger partial charge is 0.139 e. The lowest BCUT2D eigenvalue weighted by Gasteiger charge is -2.09. The van der Waals surface area contributed by atoms with E-state index in [0.717, 1.165) is 0 Å². The van der Waals surface area contributed by atoms with Crippen LogP contribution in [-0.4, -0.2) is 6.61 Å². The van der Waals surface area contributed by atoms with E-state index >= 15 is 0 Å². The average Bonchev–Trinajstić information content (AvgIpc) is 2.21. The van der Waals surface area contributed by atoms with Crippen LogP contribution in [0.25, 0.3) is 0 Å². The maximum atomic E-state index is 8.57. The number of nitriles is 1. The van der Waals surface area contributed by atoms with E-state index in [2.05, 4.69) is 6.07 Å². The van der Waals surface area contributed by atoms with Gasteiger partial charge in [-0.05, 0) is 13.0 Å². The fraction of sp³-hybridized carbons (Fsp3) is 0.300. The zero-order valence-electron chi connectivity index (χ0n) is 7.93. The van der Waals surface area contributed by atoms with Crippen LogP contribution in [0.5, 0.6) is 5.75 Å². The van der Waals surface area contributed by atoms with Gasteiger partial charge in [0.1, 0.15) is 12.4 Å². The summed E-state index contributed by atoms with van der Waals surface area (Å²) in [6.45, 7) is 2.03. The van der Waals surface area contributed by atoms with Crippen molar-refractivity contribution in [3.8, 4) is 11.8 Å². The monoisotopic (exact) mass is 263 g/mol. The lowest BCUT2D eigenvalue weighted by atomic mass is 10.2. The van der Waals surface area contributed by atoms with Gasteiger partial charge in [-0.1, -0.05) is 34.8 Å². The van der Waals surface area contributed by atoms with E-state index in [4.69, 9.17) is 44.8 Å². The Morgan fingerprint density at radius 1 is 1.27 bits per heavy atom. The molecule has 5 heteroatoms. The van der Waals surface area contributed by atoms with E-state index in [1.54, 1.807) is 6.92 Å². The molecule has 1 rings (SSSR count). The van der Waals surface area contributed by atoms with Gasteiger partial charge in [0.2, 0.25) is 0 Å². The van der Waals surface area contributed by atoms with Gasteiger partial charge in [0, 0.05) is 6.07 Å². The van der Waals surface area contributed by atoms with Crippen molar-refractivity contribution in [3.05, 3.63) is 27.2 Å². The van der Waals surface area contributed by atoms with Crippen molar-refractivity contribution in [3.63, 3.8) is 0 Å². The number of nitrogens with zero attached hydrogens (tertiary/aromatic N) is 1. The Morgan fingerprint density at radius 2 is 1.87 bits per heavy atom. The molecular weight excluding hydrogens is 256 g/mol. The van der Waals surface area contributed by atoms with Gasteiger partial charge in [0.25, 0.3) is 0 Å². The fourth-order valence-electron chi connectivity index (χ4n) is 0.867. The molecule has 1 unspecified atom stereocenters. The van der Waals surface area contributed by atoms with E-state index < -0.39 is 0 Å². The van der Waals surface area contributed by atoms with Crippen LogP contribution in [0.2, 0.25) is 15.1 Å². The molecule has 1 atom stereocenters. The van der Waals surface area contributed by atoms with Gasteiger partial charge in [0.15, 0.2) is 0 Å². The van der Waals surface area contributed by atoms with Crippen LogP contribution in [0, 0.1) is 17.2 Å². The van der Waals surface area contributed by atoms with Crippen LogP contribution < -0.4 is 4.74 Å². The molecule has 1 aromatic rings. The molecule has 1 aromatic carbocycles. The first-order valence-corrected chi connectivity index (χ1v) is 5.35. The molecule has 0 saturated carbocycles. The summed E-state index contributed by atoms with van der Waals surface area (Å²) in [6.07, 6.45) is 0. The zero-order valence-corrected chi connectivity index (χ0v) is 10.2. The molecule has 0 spiro atoms. The van der Waals surface area contributed by atoms with Gasteiger partial charge < -0.3 is 4.74 Å². The topological polar surface area (TPSA) is 33.0 Å². The largest absolute Gasteiger partial charge is 0.491 e. The van der Waals surface area contributed by atoms with E-state index in [0.29, 0.717) is 20.8 Å². The van der Waals surface area contributed by atoms with Crippen molar-refractivity contribution >= 4 is 34.8 Å². The number of benzene rings is 1. The number of rotatable bonds is 3. The average molecular weight is 265 g/mol. The molecule has 0 radical (unpaired) electrons. The van der Waals surface area contributed by atoms with Crippen molar-refractivity contribution < 1.29 is 4.74 Å². The molecule has 0 N–H and O–H groups in total. The molecule has 0 aliphatic carbocycles. The van der Waals surface area contributed by atoms with Gasteiger partial charge >= 0.3 is 0 Å². The van der Waals surface area contributed by atoms with Crippen LogP contribution in [0.3, 0.4) is 0 Å². The first kappa shape index (κ1) is 12.4. The predicted molar refractivity (Wildman–Crippen MR) is 61.7 cm³/mol. The summed E-state index contributed by atoms with van der Waals surface area (Å²) in [5.74, 6) is 0.240. The summed E-state index contributed by atoms with van der Waals surface area (Å²) >= 11 is 17.4. The summed E-state index contributed by atoms with van der Waals surface area (Å²) in [5, 5.41) is 9.71. The molecule has 0 aromatic heterocycles. The second-order valence-corrected chi connectivity index (χ2v) is 4.26. The van der Waals surface area contributed by atoms with Gasteiger partial charge in [-0.2, -0.15) is 5.26 Å². The van der Waals surface area contributed by atoms with Crippen LogP contribution in [-0.2, 0) is 0 Å². The summed E-state index contributed by atoms with van der Waals surface area (Å²) in [5.41, 5.74) is 0. The quantitative estimate of drug-likeness (QED) is 0.767. The van der Waals surface area contributed by atoms with E-state index in [9.17, 15) is 0 Å². The van der Waals surface area contributed by atoms with Gasteiger partial charge in [-0.25, -0.2) is 0 Å². The highest BCUT2D eigenvalue weighted by molar-refractivity contribution is 6.43. The van der Waals surface area contributed by atoms with Crippen LogP contribution >= 0.6 is 34.8 Å². The van der Waals surface area contributed by atoms with Crippen molar-refractivity contribution in [1.29, 1.82) is 5.26 Å². The molecule has 0 saturated heterocycles. The third-order valence-electron chi connectivity index (χ3n) is 1.68. The molecule has 0 aliphatic rings. The summed E-state index contributed by atoms with van der Waals surface area (Å²) in [7, 11) is 0. The Labute approximate surface area is 103 Å². The summed E-state index contributed by atoms with van der Waals surface area (Å²) < 4.78 is 5.33. The Balaban J connectivity index is 2.78. The normalized spacial score (nSPS) is 11.9. The van der Waals surface area contributed by atoms with Crippen molar-refractivity contribution in [1.82, 2.24) is 0 Å². The molecular formula is C10H8Cl3NO. The molecule has 0 aliphatic heterocycles. The molecule has 0 heterocycles. The molecule has 0 fully saturated rings. The second-order valence-electron chi connectivity index (χ2n) is 3.04. The standard InChI is InChI=1S/C10H8Cl3NO/c1-6(4-14)5-15-10-3-8(12)7(11)2-9(10)13/h2-3,6H,5H2,1H3. The Morgan fingerprint density at radius 3 is 2.47 bits per heavy atom. The van der Waals surface area contributed by atoms with Crippen molar-refractivity contribution in [2.24, 2.45) is 5.92 Å². The lowest BCUT2D eigenvalue weighted by molar-refractivity contribution is 0.288. The number of halogens is 3. The molecule has 80 valence electrons. The minimum absolute atomic E-state index is 0.199. The molecule has 0 bridgehead atoms. The Kier molecular flexibility index (Phi) is 4.53. The summed E-state index contributed by atoms with van der Waals surface area (Å²) in [4.78, 5) is 0. The number of hydrogen-bond acceptors (Lipinski definition) is 2. The third-order valence-corrected chi connectivity index (χ3v) is 2.70. The van der Waals surface area contributed by atoms with E-state index in [1.165, 1.54) is 12.1 Å². The highest BCUT2D eigenvalue weighted by Gasteiger charge is 2.08.